The van der Waals surface area contributed by atoms with Crippen LogP contribution in [-0.2, 0) is 6.54 Å². The molecule has 0 unspecified atom stereocenters. The Morgan fingerprint density at radius 1 is 1.46 bits per heavy atom. The van der Waals surface area contributed by atoms with E-state index >= 15 is 0 Å². The lowest BCUT2D eigenvalue weighted by atomic mass is 10.1. The number of benzene rings is 1. The Morgan fingerprint density at radius 2 is 2.23 bits per heavy atom. The Labute approximate surface area is 79.9 Å². The van der Waals surface area contributed by atoms with E-state index in [9.17, 15) is 0 Å². The van der Waals surface area contributed by atoms with Crippen molar-refractivity contribution in [1.82, 2.24) is 5.32 Å². The van der Waals surface area contributed by atoms with Gasteiger partial charge < -0.3 is 10.1 Å². The summed E-state index contributed by atoms with van der Waals surface area (Å²) in [6, 6.07) is 6.10. The number of methoxy groups -OCH3 is 1. The lowest BCUT2D eigenvalue weighted by Gasteiger charge is -2.07. The van der Waals surface area contributed by atoms with Gasteiger partial charge in [-0.15, -0.1) is 0 Å². The van der Waals surface area contributed by atoms with E-state index in [4.69, 9.17) is 4.74 Å². The number of nitrogens with one attached hydrogen (secondary N) is 1. The second-order valence-corrected chi connectivity index (χ2v) is 2.97. The topological polar surface area (TPSA) is 21.3 Å². The average Bonchev–Trinajstić information content (AvgIpc) is 2.16. The molecule has 1 rings (SSSR count). The van der Waals surface area contributed by atoms with Crippen molar-refractivity contribution in [1.29, 1.82) is 0 Å². The van der Waals surface area contributed by atoms with Gasteiger partial charge in [-0.3, -0.25) is 0 Å². The molecule has 13 heavy (non-hydrogen) atoms. The van der Waals surface area contributed by atoms with Gasteiger partial charge >= 0.3 is 0 Å². The quantitative estimate of drug-likeness (QED) is 0.760. The van der Waals surface area contributed by atoms with Gasteiger partial charge in [-0.05, 0) is 43.7 Å². The number of rotatable bonds is 4. The minimum atomic E-state index is 0.755. The smallest absolute Gasteiger partial charge is 0.119 e. The molecule has 2 heteroatoms. The molecule has 0 spiro atoms. The summed E-state index contributed by atoms with van der Waals surface area (Å²) < 4.78 is 5.12. The number of hydrogen-bond donors (Lipinski definition) is 1. The third kappa shape index (κ3) is 2.74. The fraction of sp³-hybridized carbons (Fsp3) is 0.364. The van der Waals surface area contributed by atoms with Crippen LogP contribution in [0, 0.1) is 13.8 Å². The summed E-state index contributed by atoms with van der Waals surface area (Å²) in [5, 5.41) is 3.19. The van der Waals surface area contributed by atoms with Crippen LogP contribution in [0.25, 0.3) is 0 Å². The molecule has 0 aliphatic rings. The van der Waals surface area contributed by atoms with Gasteiger partial charge in [0.25, 0.3) is 0 Å². The van der Waals surface area contributed by atoms with Crippen LogP contribution in [0.5, 0.6) is 5.75 Å². The Hall–Kier alpha value is -1.02. The van der Waals surface area contributed by atoms with Crippen molar-refractivity contribution in [3.05, 3.63) is 36.2 Å². The zero-order valence-corrected chi connectivity index (χ0v) is 8.26. The zero-order chi connectivity index (χ0) is 9.68. The van der Waals surface area contributed by atoms with Crippen molar-refractivity contribution in [3.8, 4) is 5.75 Å². The molecule has 1 N–H and O–H groups in total. The van der Waals surface area contributed by atoms with Crippen molar-refractivity contribution >= 4 is 0 Å². The fourth-order valence-corrected chi connectivity index (χ4v) is 1.22. The van der Waals surface area contributed by atoms with E-state index in [1.807, 2.05) is 12.1 Å². The summed E-state index contributed by atoms with van der Waals surface area (Å²) in [5.41, 5.74) is 2.55. The predicted octanol–water partition coefficient (Wildman–Crippen LogP) is 1.93. The summed E-state index contributed by atoms with van der Waals surface area (Å²) in [6.07, 6.45) is 0. The van der Waals surface area contributed by atoms with Crippen molar-refractivity contribution < 1.29 is 4.74 Å². The van der Waals surface area contributed by atoms with E-state index in [0.29, 0.717) is 0 Å². The maximum Gasteiger partial charge on any atom is 0.119 e. The Balaban J connectivity index is 2.73. The third-order valence-electron chi connectivity index (χ3n) is 2.04. The molecule has 0 saturated carbocycles. The van der Waals surface area contributed by atoms with E-state index in [1.54, 1.807) is 7.11 Å². The molecule has 1 radical (unpaired) electrons. The van der Waals surface area contributed by atoms with Crippen LogP contribution < -0.4 is 10.1 Å². The van der Waals surface area contributed by atoms with Gasteiger partial charge in [0.2, 0.25) is 0 Å². The molecule has 0 saturated heterocycles. The normalized spacial score (nSPS) is 10.1. The molecule has 0 aromatic heterocycles. The fourth-order valence-electron chi connectivity index (χ4n) is 1.22. The molecule has 0 amide bonds. The second kappa shape index (κ2) is 4.87. The van der Waals surface area contributed by atoms with Crippen molar-refractivity contribution in [2.24, 2.45) is 0 Å². The highest BCUT2D eigenvalue weighted by Crippen LogP contribution is 2.16. The van der Waals surface area contributed by atoms with E-state index in [-0.39, 0.29) is 0 Å². The molecule has 0 atom stereocenters. The Bertz CT molecular complexity index is 271. The molecule has 0 aliphatic heterocycles. The summed E-state index contributed by atoms with van der Waals surface area (Å²) in [4.78, 5) is 0. The molecule has 0 heterocycles. The summed E-state index contributed by atoms with van der Waals surface area (Å²) in [6.45, 7) is 7.44. The van der Waals surface area contributed by atoms with Gasteiger partial charge in [-0.2, -0.15) is 0 Å². The molecule has 2 nitrogen and oxygen atoms in total. The van der Waals surface area contributed by atoms with Crippen molar-refractivity contribution in [2.45, 2.75) is 13.5 Å². The van der Waals surface area contributed by atoms with Crippen LogP contribution in [0.3, 0.4) is 0 Å². The number of hydrogen-bond acceptors (Lipinski definition) is 2. The SMILES string of the molecule is [CH2]CNCc1ccc(OC)cc1C. The monoisotopic (exact) mass is 178 g/mol. The maximum absolute atomic E-state index is 5.12. The van der Waals surface area contributed by atoms with E-state index in [1.165, 1.54) is 11.1 Å². The van der Waals surface area contributed by atoms with Crippen molar-refractivity contribution in [3.63, 3.8) is 0 Å². The van der Waals surface area contributed by atoms with Gasteiger partial charge in [0, 0.05) is 6.54 Å². The first kappa shape index (κ1) is 10.1. The summed E-state index contributed by atoms with van der Waals surface area (Å²) in [5.74, 6) is 0.913. The lowest BCUT2D eigenvalue weighted by Crippen LogP contribution is -2.12. The average molecular weight is 178 g/mol. The standard InChI is InChI=1S/C11H16NO/c1-4-12-8-10-5-6-11(13-3)7-9(10)2/h5-7,12H,1,4,8H2,2-3H3. The molecular formula is C11H16NO. The van der Waals surface area contributed by atoms with E-state index in [0.717, 1.165) is 18.8 Å². The molecule has 1 aromatic carbocycles. The predicted molar refractivity (Wildman–Crippen MR) is 54.8 cm³/mol. The van der Waals surface area contributed by atoms with Crippen molar-refractivity contribution in [2.75, 3.05) is 13.7 Å². The lowest BCUT2D eigenvalue weighted by molar-refractivity contribution is 0.414. The van der Waals surface area contributed by atoms with E-state index < -0.39 is 0 Å². The number of ether oxygens (including phenoxy) is 1. The molecule has 71 valence electrons. The van der Waals surface area contributed by atoms with Crippen LogP contribution in [0.2, 0.25) is 0 Å². The molecule has 0 fully saturated rings. The minimum absolute atomic E-state index is 0.755. The van der Waals surface area contributed by atoms with E-state index in [2.05, 4.69) is 25.2 Å². The maximum atomic E-state index is 5.12. The Kier molecular flexibility index (Phi) is 3.77. The first-order chi connectivity index (χ1) is 6.27. The highest BCUT2D eigenvalue weighted by atomic mass is 16.5. The van der Waals surface area contributed by atoms with Crippen LogP contribution in [0.4, 0.5) is 0 Å². The number of aryl methyl sites for hydroxylation is 1. The largest absolute Gasteiger partial charge is 0.497 e. The summed E-state index contributed by atoms with van der Waals surface area (Å²) >= 11 is 0. The molecular weight excluding hydrogens is 162 g/mol. The van der Waals surface area contributed by atoms with Crippen LogP contribution in [0.15, 0.2) is 18.2 Å². The zero-order valence-electron chi connectivity index (χ0n) is 8.26. The van der Waals surface area contributed by atoms with Crippen LogP contribution in [-0.4, -0.2) is 13.7 Å². The van der Waals surface area contributed by atoms with Gasteiger partial charge in [0.15, 0.2) is 0 Å². The minimum Gasteiger partial charge on any atom is -0.497 e. The Morgan fingerprint density at radius 3 is 2.77 bits per heavy atom. The highest BCUT2D eigenvalue weighted by molar-refractivity contribution is 5.34. The molecule has 0 bridgehead atoms. The van der Waals surface area contributed by atoms with Gasteiger partial charge in [-0.25, -0.2) is 0 Å². The van der Waals surface area contributed by atoms with Crippen LogP contribution in [0.1, 0.15) is 11.1 Å². The first-order valence-electron chi connectivity index (χ1n) is 4.41. The van der Waals surface area contributed by atoms with Gasteiger partial charge in [0.1, 0.15) is 5.75 Å². The third-order valence-corrected chi connectivity index (χ3v) is 2.04. The highest BCUT2D eigenvalue weighted by Gasteiger charge is 1.98. The summed E-state index contributed by atoms with van der Waals surface area (Å²) in [7, 11) is 1.68. The molecule has 0 aliphatic carbocycles. The molecule has 1 aromatic rings. The first-order valence-corrected chi connectivity index (χ1v) is 4.41. The van der Waals surface area contributed by atoms with Crippen LogP contribution >= 0.6 is 0 Å². The van der Waals surface area contributed by atoms with Gasteiger partial charge in [0.05, 0.1) is 7.11 Å². The van der Waals surface area contributed by atoms with Gasteiger partial charge in [-0.1, -0.05) is 6.07 Å². The second-order valence-electron chi connectivity index (χ2n) is 2.97.